The SMILES string of the molecule is CC(C)=CCC[C@](C)(O[C@@H]1O[C@H](CO)[C@@H](O)[C@H](O)[C@H]1O[C@@H]1O[C@H](CO)[C@@H](O)[C@H](O)[C@H]1O)[C@H]1CC[C@]2(C)[C@@H]1[C@H](O)C[C@@H]1[C@@]3(C)CC[C@H](O[C@H]4O[C@H](CO[C@@H]5OC[C@@H](O)[C@H](O)[C@H]5O)[C@@H](O)[C@H](O)[C@H]4O)C(C)(C)[C@@H]3CC[C@]12C. The Labute approximate surface area is 439 Å². The van der Waals surface area contributed by atoms with Crippen LogP contribution in [0.25, 0.3) is 0 Å². The van der Waals surface area contributed by atoms with Gasteiger partial charge >= 0.3 is 0 Å². The van der Waals surface area contributed by atoms with Crippen molar-refractivity contribution in [1.29, 1.82) is 0 Å². The summed E-state index contributed by atoms with van der Waals surface area (Å²) in [6, 6.07) is 0. The lowest BCUT2D eigenvalue weighted by Gasteiger charge is -2.71. The lowest BCUT2D eigenvalue weighted by atomic mass is 9.35. The summed E-state index contributed by atoms with van der Waals surface area (Å²) in [6.07, 6.45) is -22.7. The molecule has 8 fully saturated rings. The summed E-state index contributed by atoms with van der Waals surface area (Å²) in [4.78, 5) is 0. The second-order valence-electron chi connectivity index (χ2n) is 25.3. The smallest absolute Gasteiger partial charge is 0.187 e. The molecule has 434 valence electrons. The molecule has 4 aliphatic carbocycles. The van der Waals surface area contributed by atoms with Crippen molar-refractivity contribution in [1.82, 2.24) is 0 Å². The van der Waals surface area contributed by atoms with Gasteiger partial charge in [-0.1, -0.05) is 46.3 Å². The van der Waals surface area contributed by atoms with Gasteiger partial charge < -0.3 is 109 Å². The van der Waals surface area contributed by atoms with Crippen LogP contribution in [0.3, 0.4) is 0 Å². The second kappa shape index (κ2) is 22.7. The van der Waals surface area contributed by atoms with Gasteiger partial charge in [-0.2, -0.15) is 0 Å². The van der Waals surface area contributed by atoms with Crippen LogP contribution in [-0.4, -0.2) is 232 Å². The zero-order chi connectivity index (χ0) is 55.1. The van der Waals surface area contributed by atoms with Crippen molar-refractivity contribution in [3.05, 3.63) is 11.6 Å². The molecular weight excluding hydrogens is 989 g/mol. The van der Waals surface area contributed by atoms with Crippen LogP contribution in [0.2, 0.25) is 0 Å². The van der Waals surface area contributed by atoms with Gasteiger partial charge in [-0.15, -0.1) is 0 Å². The molecule has 0 aromatic rings. The predicted molar refractivity (Wildman–Crippen MR) is 260 cm³/mol. The topological polar surface area (TPSA) is 357 Å². The molecule has 8 rings (SSSR count). The van der Waals surface area contributed by atoms with E-state index in [0.717, 1.165) is 24.8 Å². The van der Waals surface area contributed by atoms with E-state index in [2.05, 4.69) is 40.7 Å². The van der Waals surface area contributed by atoms with Crippen molar-refractivity contribution in [3.63, 3.8) is 0 Å². The second-order valence-corrected chi connectivity index (χ2v) is 25.3. The molecule has 4 saturated heterocycles. The first-order valence-corrected chi connectivity index (χ1v) is 27.3. The van der Waals surface area contributed by atoms with E-state index in [1.807, 2.05) is 20.8 Å². The molecule has 0 unspecified atom stereocenters. The number of rotatable bonds is 15. The Morgan fingerprint density at radius 1 is 0.587 bits per heavy atom. The quantitative estimate of drug-likeness (QED) is 0.0651. The van der Waals surface area contributed by atoms with E-state index >= 15 is 0 Å². The van der Waals surface area contributed by atoms with E-state index in [-0.39, 0.29) is 41.1 Å². The summed E-state index contributed by atoms with van der Waals surface area (Å²) in [5.41, 5.74) is -1.52. The largest absolute Gasteiger partial charge is 0.394 e. The van der Waals surface area contributed by atoms with Gasteiger partial charge in [0.25, 0.3) is 0 Å². The number of fused-ring (bicyclic) bond motifs is 5. The van der Waals surface area contributed by atoms with Gasteiger partial charge in [-0.25, -0.2) is 0 Å². The first kappa shape index (κ1) is 60.0. The molecule has 4 aliphatic heterocycles. The Balaban J connectivity index is 1.01. The Kier molecular flexibility index (Phi) is 18.1. The summed E-state index contributed by atoms with van der Waals surface area (Å²) in [5.74, 6) is -0.431. The number of hydrogen-bond donors (Lipinski definition) is 14. The van der Waals surface area contributed by atoms with Crippen LogP contribution >= 0.6 is 0 Å². The minimum absolute atomic E-state index is 0.0590. The maximum Gasteiger partial charge on any atom is 0.187 e. The Hall–Kier alpha value is -1.14. The molecule has 22 heteroatoms. The first-order chi connectivity index (χ1) is 35.1. The standard InChI is InChI=1S/C53H90O22/c1-23(2)10-9-14-53(8,75-48-44(40(64)36(60)28(20-55)71-48)74-47-43(67)38(62)35(59)27(19-54)70-47)24-11-16-52(7)33(24)25(56)18-31-50(5)15-13-32(49(3,4)30(50)12-17-51(31,52)6)73-46-42(66)39(63)37(61)29(72-46)22-69-45-41(65)34(58)26(57)21-68-45/h10,24-48,54-67H,9,11-22H2,1-8H3/t24-,25+,26+,27+,28+,29+,30-,31+,32-,33-,34-,35+,36+,37+,38-,39-,40-,41+,42+,43+,44+,45-,46+,47-,48-,50-,51+,52+,53-/m0/s1. The molecule has 22 nitrogen and oxygen atoms in total. The maximum atomic E-state index is 12.9. The monoisotopic (exact) mass is 1080 g/mol. The van der Waals surface area contributed by atoms with E-state index in [1.165, 1.54) is 0 Å². The lowest BCUT2D eigenvalue weighted by Crippen LogP contribution is -2.68. The molecule has 8 aliphatic rings. The van der Waals surface area contributed by atoms with Gasteiger partial charge in [0.05, 0.1) is 44.2 Å². The summed E-state index contributed by atoms with van der Waals surface area (Å²) < 4.78 is 48.8. The highest BCUT2D eigenvalue weighted by atomic mass is 16.8. The van der Waals surface area contributed by atoms with E-state index < -0.39 is 165 Å². The van der Waals surface area contributed by atoms with Gasteiger partial charge in [-0.3, -0.25) is 0 Å². The highest BCUT2D eigenvalue weighted by Crippen LogP contribution is 2.76. The highest BCUT2D eigenvalue weighted by molar-refractivity contribution is 5.20. The molecule has 0 aromatic heterocycles. The molecule has 14 N–H and O–H groups in total. The first-order valence-electron chi connectivity index (χ1n) is 27.3. The van der Waals surface area contributed by atoms with Crippen LogP contribution in [0.4, 0.5) is 0 Å². The zero-order valence-corrected chi connectivity index (χ0v) is 44.7. The van der Waals surface area contributed by atoms with E-state index in [0.29, 0.717) is 38.5 Å². The van der Waals surface area contributed by atoms with Gasteiger partial charge in [0, 0.05) is 0 Å². The van der Waals surface area contributed by atoms with E-state index in [1.54, 1.807) is 0 Å². The third kappa shape index (κ3) is 10.6. The molecule has 0 amide bonds. The van der Waals surface area contributed by atoms with Gasteiger partial charge in [0.1, 0.15) is 91.6 Å². The summed E-state index contributed by atoms with van der Waals surface area (Å²) in [7, 11) is 0. The summed E-state index contributed by atoms with van der Waals surface area (Å²) in [5, 5.41) is 151. The fourth-order valence-electron chi connectivity index (χ4n) is 16.0. The van der Waals surface area contributed by atoms with Crippen LogP contribution in [0.5, 0.6) is 0 Å². The molecule has 75 heavy (non-hydrogen) atoms. The van der Waals surface area contributed by atoms with E-state index in [4.69, 9.17) is 37.9 Å². The average molecular weight is 1080 g/mol. The fraction of sp³-hybridized carbons (Fsp3) is 0.962. The molecule has 4 saturated carbocycles. The molecule has 0 bridgehead atoms. The maximum absolute atomic E-state index is 12.9. The van der Waals surface area contributed by atoms with Crippen molar-refractivity contribution in [3.8, 4) is 0 Å². The Morgan fingerprint density at radius 2 is 1.15 bits per heavy atom. The third-order valence-corrected chi connectivity index (χ3v) is 20.5. The third-order valence-electron chi connectivity index (χ3n) is 20.5. The number of aliphatic hydroxyl groups is 14. The van der Waals surface area contributed by atoms with Crippen LogP contribution in [-0.2, 0) is 37.9 Å². The predicted octanol–water partition coefficient (Wildman–Crippen LogP) is -1.56. The average Bonchev–Trinajstić information content (AvgIpc) is 3.75. The summed E-state index contributed by atoms with van der Waals surface area (Å²) >= 11 is 0. The molecular formula is C53H90O22. The normalized spacial score (nSPS) is 52.7. The Bertz CT molecular complexity index is 1940. The van der Waals surface area contributed by atoms with Crippen molar-refractivity contribution in [2.75, 3.05) is 26.4 Å². The van der Waals surface area contributed by atoms with Gasteiger partial charge in [0.2, 0.25) is 0 Å². The van der Waals surface area contributed by atoms with Crippen molar-refractivity contribution >= 4 is 0 Å². The van der Waals surface area contributed by atoms with Crippen LogP contribution in [0.15, 0.2) is 11.6 Å². The minimum atomic E-state index is -1.84. The van der Waals surface area contributed by atoms with Crippen LogP contribution in [0.1, 0.15) is 113 Å². The van der Waals surface area contributed by atoms with Gasteiger partial charge in [-0.05, 0) is 124 Å². The van der Waals surface area contributed by atoms with E-state index in [9.17, 15) is 71.5 Å². The van der Waals surface area contributed by atoms with Crippen LogP contribution in [0, 0.1) is 45.3 Å². The number of ether oxygens (including phenoxy) is 8. The molecule has 4 heterocycles. The lowest BCUT2D eigenvalue weighted by molar-refractivity contribution is -0.382. The van der Waals surface area contributed by atoms with Gasteiger partial charge in [0.15, 0.2) is 25.2 Å². The summed E-state index contributed by atoms with van der Waals surface area (Å²) in [6.45, 7) is 15.1. The zero-order valence-electron chi connectivity index (χ0n) is 44.7. The molecule has 0 spiro atoms. The number of allylic oxidation sites excluding steroid dienone is 2. The number of hydrogen-bond acceptors (Lipinski definition) is 22. The van der Waals surface area contributed by atoms with Crippen molar-refractivity contribution in [2.45, 2.75) is 248 Å². The molecule has 29 atom stereocenters. The molecule has 0 aromatic carbocycles. The number of aliphatic hydroxyl groups excluding tert-OH is 14. The van der Waals surface area contributed by atoms with Crippen LogP contribution < -0.4 is 0 Å². The molecule has 0 radical (unpaired) electrons. The fourth-order valence-corrected chi connectivity index (χ4v) is 16.0. The minimum Gasteiger partial charge on any atom is -0.394 e. The van der Waals surface area contributed by atoms with Crippen molar-refractivity contribution < 1.29 is 109 Å². The Morgan fingerprint density at radius 3 is 1.77 bits per heavy atom. The highest BCUT2D eigenvalue weighted by Gasteiger charge is 2.72. The van der Waals surface area contributed by atoms with Crippen molar-refractivity contribution in [2.24, 2.45) is 45.3 Å².